The topological polar surface area (TPSA) is 52.0 Å². The van der Waals surface area contributed by atoms with E-state index in [-0.39, 0.29) is 13.0 Å². The van der Waals surface area contributed by atoms with Gasteiger partial charge in [0.1, 0.15) is 0 Å². The van der Waals surface area contributed by atoms with Crippen molar-refractivity contribution >= 4 is 0 Å². The molecule has 0 radical (unpaired) electrons. The maximum atomic E-state index is 12.2. The summed E-state index contributed by atoms with van der Waals surface area (Å²) in [7, 11) is 0. The van der Waals surface area contributed by atoms with Crippen LogP contribution in [0.3, 0.4) is 0 Å². The zero-order valence-electron chi connectivity index (χ0n) is 6.41. The number of rotatable bonds is 3. The first-order valence-corrected chi connectivity index (χ1v) is 3.34. The van der Waals surface area contributed by atoms with E-state index in [0.717, 1.165) is 6.92 Å². The van der Waals surface area contributed by atoms with Crippen LogP contribution in [-0.2, 0) is 0 Å². The molecule has 0 heterocycles. The summed E-state index contributed by atoms with van der Waals surface area (Å²) in [5, 5.41) is 0. The van der Waals surface area contributed by atoms with Crippen LogP contribution in [0.2, 0.25) is 0 Å². The minimum atomic E-state index is -4.25. The summed E-state index contributed by atoms with van der Waals surface area (Å²) in [5.74, 6) is 0. The Morgan fingerprint density at radius 1 is 1.18 bits per heavy atom. The molecule has 68 valence electrons. The lowest BCUT2D eigenvalue weighted by atomic mass is 9.86. The lowest BCUT2D eigenvalue weighted by molar-refractivity contribution is -0.215. The van der Waals surface area contributed by atoms with E-state index in [1.54, 1.807) is 0 Å². The van der Waals surface area contributed by atoms with Crippen molar-refractivity contribution in [3.63, 3.8) is 0 Å². The average molecular weight is 170 g/mol. The van der Waals surface area contributed by atoms with Gasteiger partial charge in [-0.2, -0.15) is 13.2 Å². The number of hydrogen-bond donors (Lipinski definition) is 2. The van der Waals surface area contributed by atoms with Crippen LogP contribution in [0, 0.1) is 5.41 Å². The van der Waals surface area contributed by atoms with E-state index in [4.69, 9.17) is 11.5 Å². The first-order valence-electron chi connectivity index (χ1n) is 3.34. The quantitative estimate of drug-likeness (QED) is 0.660. The third kappa shape index (κ3) is 2.34. The summed E-state index contributed by atoms with van der Waals surface area (Å²) in [5.41, 5.74) is 8.22. The fraction of sp³-hybridized carbons (Fsp3) is 1.00. The van der Waals surface area contributed by atoms with Gasteiger partial charge in [-0.3, -0.25) is 0 Å². The molecule has 1 atom stereocenters. The van der Waals surface area contributed by atoms with Gasteiger partial charge in [-0.1, -0.05) is 0 Å². The molecule has 0 fully saturated rings. The Labute approximate surface area is 63.7 Å². The Balaban J connectivity index is 4.33. The predicted molar refractivity (Wildman–Crippen MR) is 36.9 cm³/mol. The molecule has 11 heavy (non-hydrogen) atoms. The van der Waals surface area contributed by atoms with E-state index in [1.807, 2.05) is 0 Å². The van der Waals surface area contributed by atoms with E-state index in [2.05, 4.69) is 0 Å². The maximum absolute atomic E-state index is 12.2. The van der Waals surface area contributed by atoms with E-state index in [0.29, 0.717) is 0 Å². The molecule has 4 N–H and O–H groups in total. The van der Waals surface area contributed by atoms with Crippen LogP contribution in [0.15, 0.2) is 0 Å². The summed E-state index contributed by atoms with van der Waals surface area (Å²) in [6.07, 6.45) is -4.37. The second kappa shape index (κ2) is 3.40. The van der Waals surface area contributed by atoms with E-state index in [1.165, 1.54) is 0 Å². The summed E-state index contributed by atoms with van der Waals surface area (Å²) < 4.78 is 36.5. The first-order chi connectivity index (χ1) is 4.87. The van der Waals surface area contributed by atoms with Gasteiger partial charge < -0.3 is 11.5 Å². The van der Waals surface area contributed by atoms with Crippen molar-refractivity contribution in [2.45, 2.75) is 19.5 Å². The lowest BCUT2D eigenvalue weighted by Crippen LogP contribution is -2.43. The lowest BCUT2D eigenvalue weighted by Gasteiger charge is -2.29. The number of nitrogens with two attached hydrogens (primary N) is 2. The second-order valence-corrected chi connectivity index (χ2v) is 2.80. The summed E-state index contributed by atoms with van der Waals surface area (Å²) >= 11 is 0. The van der Waals surface area contributed by atoms with Crippen molar-refractivity contribution in [1.29, 1.82) is 0 Å². The molecule has 0 aromatic carbocycles. The molecule has 0 saturated heterocycles. The molecule has 0 aliphatic heterocycles. The molecule has 2 nitrogen and oxygen atoms in total. The SMILES string of the molecule is CC(CN)(CCN)C(F)(F)F. The minimum absolute atomic E-state index is 0.00715. The van der Waals surface area contributed by atoms with Crippen LogP contribution >= 0.6 is 0 Å². The van der Waals surface area contributed by atoms with Crippen molar-refractivity contribution in [1.82, 2.24) is 0 Å². The molecule has 0 rings (SSSR count). The zero-order valence-corrected chi connectivity index (χ0v) is 6.41. The Morgan fingerprint density at radius 2 is 1.64 bits per heavy atom. The smallest absolute Gasteiger partial charge is 0.330 e. The highest BCUT2D eigenvalue weighted by Crippen LogP contribution is 2.39. The molecule has 0 aromatic rings. The van der Waals surface area contributed by atoms with Gasteiger partial charge in [-0.15, -0.1) is 0 Å². The van der Waals surface area contributed by atoms with Gasteiger partial charge in [0, 0.05) is 6.54 Å². The van der Waals surface area contributed by atoms with Gasteiger partial charge in [0.2, 0.25) is 0 Å². The number of alkyl halides is 3. The normalized spacial score (nSPS) is 18.0. The van der Waals surface area contributed by atoms with Gasteiger partial charge >= 0.3 is 6.18 Å². The third-order valence-electron chi connectivity index (χ3n) is 1.83. The molecule has 0 aliphatic rings. The molecule has 5 heteroatoms. The predicted octanol–water partition coefficient (Wildman–Crippen LogP) is 0.863. The monoisotopic (exact) mass is 170 g/mol. The molecule has 0 amide bonds. The van der Waals surface area contributed by atoms with Crippen LogP contribution < -0.4 is 11.5 Å². The summed E-state index contributed by atoms with van der Waals surface area (Å²) in [6, 6.07) is 0. The third-order valence-corrected chi connectivity index (χ3v) is 1.83. The molecule has 1 unspecified atom stereocenters. The molecule has 0 spiro atoms. The van der Waals surface area contributed by atoms with E-state index < -0.39 is 18.1 Å². The van der Waals surface area contributed by atoms with Crippen molar-refractivity contribution in [3.05, 3.63) is 0 Å². The average Bonchev–Trinajstić information content (AvgIpc) is 1.86. The van der Waals surface area contributed by atoms with Crippen molar-refractivity contribution in [2.75, 3.05) is 13.1 Å². The highest BCUT2D eigenvalue weighted by Gasteiger charge is 2.49. The Hall–Kier alpha value is -0.290. The largest absolute Gasteiger partial charge is 0.395 e. The molecule has 0 aliphatic carbocycles. The van der Waals surface area contributed by atoms with Gasteiger partial charge in [0.05, 0.1) is 5.41 Å². The number of halogens is 3. The molecular weight excluding hydrogens is 157 g/mol. The fourth-order valence-corrected chi connectivity index (χ4v) is 0.678. The van der Waals surface area contributed by atoms with Gasteiger partial charge in [0.15, 0.2) is 0 Å². The Kier molecular flexibility index (Phi) is 3.31. The van der Waals surface area contributed by atoms with Crippen molar-refractivity contribution in [3.8, 4) is 0 Å². The molecule has 0 bridgehead atoms. The second-order valence-electron chi connectivity index (χ2n) is 2.80. The highest BCUT2D eigenvalue weighted by atomic mass is 19.4. The zero-order chi connectivity index (χ0) is 9.12. The van der Waals surface area contributed by atoms with Crippen molar-refractivity contribution < 1.29 is 13.2 Å². The highest BCUT2D eigenvalue weighted by molar-refractivity contribution is 4.83. The van der Waals surface area contributed by atoms with E-state index in [9.17, 15) is 13.2 Å². The van der Waals surface area contributed by atoms with Gasteiger partial charge in [-0.25, -0.2) is 0 Å². The first kappa shape index (κ1) is 10.7. The van der Waals surface area contributed by atoms with Gasteiger partial charge in [-0.05, 0) is 19.9 Å². The number of hydrogen-bond acceptors (Lipinski definition) is 2. The van der Waals surface area contributed by atoms with Crippen LogP contribution in [0.1, 0.15) is 13.3 Å². The standard InChI is InChI=1S/C6H13F3N2/c1-5(4-11,2-3-10)6(7,8)9/h2-4,10-11H2,1H3. The summed E-state index contributed by atoms with van der Waals surface area (Å²) in [4.78, 5) is 0. The Bertz CT molecular complexity index is 123. The van der Waals surface area contributed by atoms with Crippen molar-refractivity contribution in [2.24, 2.45) is 16.9 Å². The Morgan fingerprint density at radius 3 is 1.73 bits per heavy atom. The molecule has 0 aromatic heterocycles. The molecule has 0 saturated carbocycles. The van der Waals surface area contributed by atoms with Crippen LogP contribution in [-0.4, -0.2) is 19.3 Å². The fourth-order valence-electron chi connectivity index (χ4n) is 0.678. The van der Waals surface area contributed by atoms with E-state index >= 15 is 0 Å². The van der Waals surface area contributed by atoms with Crippen LogP contribution in [0.25, 0.3) is 0 Å². The van der Waals surface area contributed by atoms with Gasteiger partial charge in [0.25, 0.3) is 0 Å². The maximum Gasteiger partial charge on any atom is 0.395 e. The molecular formula is C6H13F3N2. The minimum Gasteiger partial charge on any atom is -0.330 e. The summed E-state index contributed by atoms with van der Waals surface area (Å²) in [6.45, 7) is 0.681. The van der Waals surface area contributed by atoms with Crippen LogP contribution in [0.5, 0.6) is 0 Å². The van der Waals surface area contributed by atoms with Crippen LogP contribution in [0.4, 0.5) is 13.2 Å².